The molecule has 0 radical (unpaired) electrons. The molecular formula is C16H23NO. The van der Waals surface area contributed by atoms with Crippen LogP contribution >= 0.6 is 0 Å². The van der Waals surface area contributed by atoms with Crippen molar-refractivity contribution in [3.8, 4) is 5.75 Å². The van der Waals surface area contributed by atoms with Crippen LogP contribution in [-0.2, 0) is 0 Å². The molecule has 0 saturated heterocycles. The van der Waals surface area contributed by atoms with Gasteiger partial charge in [-0.25, -0.2) is 0 Å². The van der Waals surface area contributed by atoms with Crippen LogP contribution < -0.4 is 10.1 Å². The van der Waals surface area contributed by atoms with Gasteiger partial charge in [0, 0.05) is 6.81 Å². The van der Waals surface area contributed by atoms with Crippen molar-refractivity contribution in [2.45, 2.75) is 19.3 Å². The number of hydrogen-bond donors (Lipinski definition) is 1. The Hall–Kier alpha value is -1.54. The second-order valence-corrected chi connectivity index (χ2v) is 4.49. The number of unbranched alkanes of at least 4 members (excludes halogenated alkanes) is 2. The average molecular weight is 245 g/mol. The Kier molecular flexibility index (Phi) is 5.03. The summed E-state index contributed by atoms with van der Waals surface area (Å²) in [7, 11) is 1.99. The highest BCUT2D eigenvalue weighted by Crippen LogP contribution is 2.25. The van der Waals surface area contributed by atoms with E-state index in [0.29, 0.717) is 0 Å². The van der Waals surface area contributed by atoms with Crippen molar-refractivity contribution in [3.05, 3.63) is 42.5 Å². The van der Waals surface area contributed by atoms with Crippen molar-refractivity contribution >= 4 is 10.8 Å². The van der Waals surface area contributed by atoms with Gasteiger partial charge in [-0.2, -0.15) is 0 Å². The molecule has 0 bridgehead atoms. The third kappa shape index (κ3) is 3.47. The molecule has 0 saturated carbocycles. The smallest absolute Gasteiger partial charge is 0.127 e. The third-order valence-electron chi connectivity index (χ3n) is 3.08. The molecule has 0 fully saturated rings. The monoisotopic (exact) mass is 245 g/mol. The molecule has 0 atom stereocenters. The molecule has 0 heterocycles. The second-order valence-electron chi connectivity index (χ2n) is 4.49. The highest BCUT2D eigenvalue weighted by atomic mass is 16.5. The third-order valence-corrected chi connectivity index (χ3v) is 3.08. The van der Waals surface area contributed by atoms with E-state index in [4.69, 9.17) is 4.74 Å². The van der Waals surface area contributed by atoms with Crippen LogP contribution in [0.5, 0.6) is 5.75 Å². The summed E-state index contributed by atoms with van der Waals surface area (Å²) in [6.07, 6.45) is 3.55. The molecule has 0 amide bonds. The molecule has 2 aromatic carbocycles. The van der Waals surface area contributed by atoms with E-state index >= 15 is 0 Å². The molecular weight excluding hydrogens is 222 g/mol. The SMILES string of the molecule is CNCCCCCOc1cccc2ccccc12.[HH]. The molecule has 2 aromatic rings. The van der Waals surface area contributed by atoms with Crippen LogP contribution in [0.15, 0.2) is 42.5 Å². The molecule has 0 spiro atoms. The van der Waals surface area contributed by atoms with E-state index in [1.807, 2.05) is 7.05 Å². The van der Waals surface area contributed by atoms with E-state index < -0.39 is 0 Å². The number of benzene rings is 2. The molecule has 0 aliphatic carbocycles. The Morgan fingerprint density at radius 2 is 1.83 bits per heavy atom. The minimum absolute atomic E-state index is 0. The van der Waals surface area contributed by atoms with E-state index in [-0.39, 0.29) is 1.43 Å². The maximum atomic E-state index is 5.88. The van der Waals surface area contributed by atoms with Gasteiger partial charge in [-0.3, -0.25) is 0 Å². The van der Waals surface area contributed by atoms with Gasteiger partial charge in [-0.15, -0.1) is 0 Å². The maximum absolute atomic E-state index is 5.88. The highest BCUT2D eigenvalue weighted by molar-refractivity contribution is 5.88. The van der Waals surface area contributed by atoms with Gasteiger partial charge in [0.25, 0.3) is 0 Å². The summed E-state index contributed by atoms with van der Waals surface area (Å²) in [6, 6.07) is 14.6. The fraction of sp³-hybridized carbons (Fsp3) is 0.375. The largest absolute Gasteiger partial charge is 0.493 e. The zero-order valence-electron chi connectivity index (χ0n) is 11.0. The van der Waals surface area contributed by atoms with Crippen molar-refractivity contribution in [1.82, 2.24) is 5.32 Å². The normalized spacial score (nSPS) is 10.7. The van der Waals surface area contributed by atoms with Gasteiger partial charge in [0.1, 0.15) is 5.75 Å². The highest BCUT2D eigenvalue weighted by Gasteiger charge is 2.00. The van der Waals surface area contributed by atoms with Crippen LogP contribution in [0.4, 0.5) is 0 Å². The molecule has 1 N–H and O–H groups in total. The predicted octanol–water partition coefficient (Wildman–Crippen LogP) is 3.85. The standard InChI is InChI=1S/C16H21NO.H2/c1-17-12-5-2-6-13-18-16-11-7-9-14-8-3-4-10-15(14)16;/h3-4,7-11,17H,2,5-6,12-13H2,1H3;1H. The number of fused-ring (bicyclic) bond motifs is 1. The topological polar surface area (TPSA) is 21.3 Å². The first-order chi connectivity index (χ1) is 8.92. The van der Waals surface area contributed by atoms with Gasteiger partial charge in [0.15, 0.2) is 0 Å². The molecule has 0 aliphatic heterocycles. The van der Waals surface area contributed by atoms with Crippen molar-refractivity contribution in [2.75, 3.05) is 20.2 Å². The zero-order valence-corrected chi connectivity index (χ0v) is 11.0. The number of rotatable bonds is 7. The van der Waals surface area contributed by atoms with Crippen molar-refractivity contribution in [2.24, 2.45) is 0 Å². The first-order valence-corrected chi connectivity index (χ1v) is 6.67. The Balaban J connectivity index is 0.00000180. The Morgan fingerprint density at radius 1 is 1.00 bits per heavy atom. The lowest BCUT2D eigenvalue weighted by atomic mass is 10.1. The molecule has 2 rings (SSSR count). The Labute approximate surface area is 110 Å². The van der Waals surface area contributed by atoms with Crippen LogP contribution in [-0.4, -0.2) is 20.2 Å². The van der Waals surface area contributed by atoms with Gasteiger partial charge >= 0.3 is 0 Å². The summed E-state index contributed by atoms with van der Waals surface area (Å²) in [5.41, 5.74) is 0. The van der Waals surface area contributed by atoms with Crippen LogP contribution in [0.25, 0.3) is 10.8 Å². The molecule has 0 unspecified atom stereocenters. The van der Waals surface area contributed by atoms with Crippen molar-refractivity contribution in [3.63, 3.8) is 0 Å². The summed E-state index contributed by atoms with van der Waals surface area (Å²) < 4.78 is 5.88. The molecule has 2 nitrogen and oxygen atoms in total. The van der Waals surface area contributed by atoms with Crippen LogP contribution in [0.2, 0.25) is 0 Å². The first kappa shape index (κ1) is 12.9. The summed E-state index contributed by atoms with van der Waals surface area (Å²) >= 11 is 0. The van der Waals surface area contributed by atoms with E-state index in [1.54, 1.807) is 0 Å². The maximum Gasteiger partial charge on any atom is 0.127 e. The number of nitrogens with one attached hydrogen (secondary N) is 1. The van der Waals surface area contributed by atoms with E-state index in [1.165, 1.54) is 23.6 Å². The van der Waals surface area contributed by atoms with Gasteiger partial charge < -0.3 is 10.1 Å². The zero-order chi connectivity index (χ0) is 12.6. The van der Waals surface area contributed by atoms with Crippen LogP contribution in [0.1, 0.15) is 20.7 Å². The molecule has 98 valence electrons. The van der Waals surface area contributed by atoms with E-state index in [2.05, 4.69) is 47.8 Å². The molecule has 0 aromatic heterocycles. The van der Waals surface area contributed by atoms with E-state index in [9.17, 15) is 0 Å². The predicted molar refractivity (Wildman–Crippen MR) is 79.3 cm³/mol. The minimum Gasteiger partial charge on any atom is -0.493 e. The molecule has 2 heteroatoms. The average Bonchev–Trinajstić information content (AvgIpc) is 2.43. The van der Waals surface area contributed by atoms with Crippen LogP contribution in [0, 0.1) is 0 Å². The number of ether oxygens (including phenoxy) is 1. The van der Waals surface area contributed by atoms with Gasteiger partial charge in [-0.05, 0) is 44.3 Å². The fourth-order valence-electron chi connectivity index (χ4n) is 2.08. The fourth-order valence-corrected chi connectivity index (χ4v) is 2.08. The van der Waals surface area contributed by atoms with Gasteiger partial charge in [-0.1, -0.05) is 36.4 Å². The lowest BCUT2D eigenvalue weighted by Gasteiger charge is -2.09. The van der Waals surface area contributed by atoms with Crippen molar-refractivity contribution in [1.29, 1.82) is 0 Å². The summed E-state index contributed by atoms with van der Waals surface area (Å²) in [5, 5.41) is 5.60. The van der Waals surface area contributed by atoms with Crippen LogP contribution in [0.3, 0.4) is 0 Å². The first-order valence-electron chi connectivity index (χ1n) is 6.67. The summed E-state index contributed by atoms with van der Waals surface area (Å²) in [4.78, 5) is 0. The van der Waals surface area contributed by atoms with E-state index in [0.717, 1.165) is 25.3 Å². The van der Waals surface area contributed by atoms with Crippen molar-refractivity contribution < 1.29 is 6.16 Å². The van der Waals surface area contributed by atoms with Gasteiger partial charge in [0.05, 0.1) is 6.61 Å². The Bertz CT molecular complexity index is 482. The quantitative estimate of drug-likeness (QED) is 0.748. The lowest BCUT2D eigenvalue weighted by Crippen LogP contribution is -2.07. The minimum atomic E-state index is 0. The number of hydrogen-bond acceptors (Lipinski definition) is 2. The van der Waals surface area contributed by atoms with Gasteiger partial charge in [0.2, 0.25) is 0 Å². The summed E-state index contributed by atoms with van der Waals surface area (Å²) in [6.45, 7) is 1.89. The molecule has 0 aliphatic rings. The Morgan fingerprint density at radius 3 is 2.72 bits per heavy atom. The second kappa shape index (κ2) is 7.02. The molecule has 18 heavy (non-hydrogen) atoms. The lowest BCUT2D eigenvalue weighted by molar-refractivity contribution is 0.308. The summed E-state index contributed by atoms with van der Waals surface area (Å²) in [5.74, 6) is 1.00.